The van der Waals surface area contributed by atoms with Crippen molar-refractivity contribution in [3.8, 4) is 0 Å². The molecule has 8 heteroatoms. The van der Waals surface area contributed by atoms with Gasteiger partial charge in [-0.3, -0.25) is 14.6 Å². The van der Waals surface area contributed by atoms with Gasteiger partial charge in [0.2, 0.25) is 11.8 Å². The molecule has 0 aromatic carbocycles. The number of guanidine groups is 1. The van der Waals surface area contributed by atoms with Gasteiger partial charge in [0.25, 0.3) is 0 Å². The smallest absolute Gasteiger partial charge is 0.240 e. The first-order valence-electron chi connectivity index (χ1n) is 4.81. The van der Waals surface area contributed by atoms with Crippen LogP contribution in [-0.4, -0.2) is 36.9 Å². The Morgan fingerprint density at radius 2 is 1.88 bits per heavy atom. The van der Waals surface area contributed by atoms with Gasteiger partial charge in [-0.05, 0) is 12.8 Å². The van der Waals surface area contributed by atoms with E-state index in [0.717, 1.165) is 0 Å². The van der Waals surface area contributed by atoms with E-state index in [9.17, 15) is 9.59 Å². The fourth-order valence-corrected chi connectivity index (χ4v) is 1.04. The molecular formula is C8H18N6O2. The lowest BCUT2D eigenvalue weighted by Crippen LogP contribution is -2.46. The molecule has 0 aliphatic carbocycles. The molecule has 0 bridgehead atoms. The molecule has 8 nitrogen and oxygen atoms in total. The van der Waals surface area contributed by atoms with Crippen LogP contribution in [0, 0.1) is 0 Å². The quantitative estimate of drug-likeness (QED) is 0.178. The van der Waals surface area contributed by atoms with Gasteiger partial charge in [-0.2, -0.15) is 0 Å². The summed E-state index contributed by atoms with van der Waals surface area (Å²) in [6.45, 7) is 0.197. The van der Waals surface area contributed by atoms with Crippen LogP contribution in [0.2, 0.25) is 0 Å². The average molecular weight is 230 g/mol. The van der Waals surface area contributed by atoms with Crippen LogP contribution < -0.4 is 28.3 Å². The summed E-state index contributed by atoms with van der Waals surface area (Å²) in [5.74, 6) is -1.04. The van der Waals surface area contributed by atoms with E-state index in [4.69, 9.17) is 22.9 Å². The number of nitrogens with zero attached hydrogens (tertiary/aromatic N) is 1. The number of aliphatic imine (C=N–C) groups is 1. The lowest BCUT2D eigenvalue weighted by Gasteiger charge is -2.13. The van der Waals surface area contributed by atoms with E-state index < -0.39 is 17.9 Å². The van der Waals surface area contributed by atoms with E-state index in [-0.39, 0.29) is 12.5 Å². The molecule has 0 aliphatic heterocycles. The zero-order valence-electron chi connectivity index (χ0n) is 8.98. The molecule has 0 aliphatic rings. The second-order valence-electron chi connectivity index (χ2n) is 3.18. The maximum absolute atomic E-state index is 11.0. The van der Waals surface area contributed by atoms with Gasteiger partial charge >= 0.3 is 0 Å². The Bertz CT molecular complexity index is 274. The molecule has 0 aromatic rings. The number of nitrogens with two attached hydrogens (primary N) is 4. The Labute approximate surface area is 93.4 Å². The summed E-state index contributed by atoms with van der Waals surface area (Å²) in [6, 6.07) is -0.731. The third-order valence-electron chi connectivity index (χ3n) is 1.81. The Morgan fingerprint density at radius 1 is 1.25 bits per heavy atom. The van der Waals surface area contributed by atoms with Crippen LogP contribution >= 0.6 is 0 Å². The molecule has 0 saturated heterocycles. The van der Waals surface area contributed by atoms with Crippen LogP contribution in [0.5, 0.6) is 0 Å². The maximum atomic E-state index is 11.0. The average Bonchev–Trinajstić information content (AvgIpc) is 2.21. The summed E-state index contributed by atoms with van der Waals surface area (Å²) < 4.78 is 0. The van der Waals surface area contributed by atoms with Crippen molar-refractivity contribution < 1.29 is 9.59 Å². The fraction of sp³-hybridized carbons (Fsp3) is 0.625. The lowest BCUT2D eigenvalue weighted by molar-refractivity contribution is -0.126. The number of hydrogen-bond donors (Lipinski definition) is 5. The highest BCUT2D eigenvalue weighted by molar-refractivity contribution is 5.87. The summed E-state index contributed by atoms with van der Waals surface area (Å²) in [5, 5.41) is 2.40. The molecular weight excluding hydrogens is 212 g/mol. The standard InChI is InChI=1S/C8H18N6O2/c9-4-6(15)14-5(7(10)16)2-1-3-13-8(11)12/h5H,1-4,9H2,(H2,10,16)(H,14,15)(H4,11,12,13). The second kappa shape index (κ2) is 7.46. The number of primary amides is 1. The zero-order chi connectivity index (χ0) is 12.6. The number of carbonyl (C=O) groups is 2. The monoisotopic (exact) mass is 230 g/mol. The Balaban J connectivity index is 4.00. The van der Waals surface area contributed by atoms with Crippen molar-refractivity contribution in [2.24, 2.45) is 27.9 Å². The Kier molecular flexibility index (Phi) is 6.61. The molecule has 9 N–H and O–H groups in total. The number of carbonyl (C=O) groups excluding carboxylic acids is 2. The van der Waals surface area contributed by atoms with E-state index in [1.165, 1.54) is 0 Å². The molecule has 16 heavy (non-hydrogen) atoms. The molecule has 92 valence electrons. The maximum Gasteiger partial charge on any atom is 0.240 e. The highest BCUT2D eigenvalue weighted by Crippen LogP contribution is 1.97. The number of amides is 2. The van der Waals surface area contributed by atoms with Crippen molar-refractivity contribution in [1.29, 1.82) is 0 Å². The number of nitrogens with one attached hydrogen (secondary N) is 1. The SMILES string of the molecule is NCC(=O)NC(CCCN=C(N)N)C(N)=O. The molecule has 0 radical (unpaired) electrons. The minimum absolute atomic E-state index is 0.0124. The zero-order valence-corrected chi connectivity index (χ0v) is 8.98. The molecule has 1 atom stereocenters. The van der Waals surface area contributed by atoms with E-state index in [1.807, 2.05) is 0 Å². The summed E-state index contributed by atoms with van der Waals surface area (Å²) in [7, 11) is 0. The minimum atomic E-state index is -0.731. The second-order valence-corrected chi connectivity index (χ2v) is 3.18. The van der Waals surface area contributed by atoms with Crippen LogP contribution in [0.4, 0.5) is 0 Å². The molecule has 0 heterocycles. The first-order valence-corrected chi connectivity index (χ1v) is 4.81. The van der Waals surface area contributed by atoms with Crippen LogP contribution in [0.15, 0.2) is 4.99 Å². The van der Waals surface area contributed by atoms with E-state index in [1.54, 1.807) is 0 Å². The van der Waals surface area contributed by atoms with E-state index >= 15 is 0 Å². The molecule has 2 amide bonds. The highest BCUT2D eigenvalue weighted by Gasteiger charge is 2.16. The minimum Gasteiger partial charge on any atom is -0.370 e. The Morgan fingerprint density at radius 3 is 2.31 bits per heavy atom. The van der Waals surface area contributed by atoms with Crippen molar-refractivity contribution in [2.45, 2.75) is 18.9 Å². The highest BCUT2D eigenvalue weighted by atomic mass is 16.2. The van der Waals surface area contributed by atoms with Gasteiger partial charge in [0.05, 0.1) is 6.54 Å². The molecule has 0 fully saturated rings. The lowest BCUT2D eigenvalue weighted by atomic mass is 10.1. The van der Waals surface area contributed by atoms with Gasteiger partial charge in [0, 0.05) is 6.54 Å². The largest absolute Gasteiger partial charge is 0.370 e. The predicted molar refractivity (Wildman–Crippen MR) is 60.1 cm³/mol. The third kappa shape index (κ3) is 6.60. The van der Waals surface area contributed by atoms with Crippen molar-refractivity contribution in [1.82, 2.24) is 5.32 Å². The van der Waals surface area contributed by atoms with Gasteiger partial charge in [-0.1, -0.05) is 0 Å². The van der Waals surface area contributed by atoms with Crippen molar-refractivity contribution in [3.05, 3.63) is 0 Å². The van der Waals surface area contributed by atoms with Gasteiger partial charge in [0.15, 0.2) is 5.96 Å². The van der Waals surface area contributed by atoms with Crippen LogP contribution in [0.3, 0.4) is 0 Å². The van der Waals surface area contributed by atoms with Crippen LogP contribution in [-0.2, 0) is 9.59 Å². The Hall–Kier alpha value is -1.83. The fourth-order valence-electron chi connectivity index (χ4n) is 1.04. The number of hydrogen-bond acceptors (Lipinski definition) is 4. The van der Waals surface area contributed by atoms with Crippen LogP contribution in [0.25, 0.3) is 0 Å². The van der Waals surface area contributed by atoms with Gasteiger partial charge in [0.1, 0.15) is 6.04 Å². The predicted octanol–water partition coefficient (Wildman–Crippen LogP) is -3.03. The molecule has 0 spiro atoms. The summed E-state index contributed by atoms with van der Waals surface area (Å²) >= 11 is 0. The van der Waals surface area contributed by atoms with Crippen molar-refractivity contribution in [3.63, 3.8) is 0 Å². The molecule has 0 saturated carbocycles. The van der Waals surface area contributed by atoms with Crippen molar-refractivity contribution >= 4 is 17.8 Å². The summed E-state index contributed by atoms with van der Waals surface area (Å²) in [5.41, 5.74) is 20.4. The van der Waals surface area contributed by atoms with Gasteiger partial charge < -0.3 is 28.3 Å². The topological polar surface area (TPSA) is 163 Å². The van der Waals surface area contributed by atoms with Crippen LogP contribution in [0.1, 0.15) is 12.8 Å². The number of rotatable bonds is 7. The third-order valence-corrected chi connectivity index (χ3v) is 1.81. The summed E-state index contributed by atoms with van der Waals surface area (Å²) in [4.78, 5) is 25.7. The molecule has 0 rings (SSSR count). The van der Waals surface area contributed by atoms with E-state index in [2.05, 4.69) is 10.3 Å². The van der Waals surface area contributed by atoms with Crippen molar-refractivity contribution in [2.75, 3.05) is 13.1 Å². The summed E-state index contributed by atoms with van der Waals surface area (Å²) in [6.07, 6.45) is 0.911. The molecule has 0 aromatic heterocycles. The first-order chi connectivity index (χ1) is 7.47. The van der Waals surface area contributed by atoms with Gasteiger partial charge in [-0.15, -0.1) is 0 Å². The normalized spacial score (nSPS) is 11.6. The van der Waals surface area contributed by atoms with Gasteiger partial charge in [-0.25, -0.2) is 0 Å². The molecule has 1 unspecified atom stereocenters. The first kappa shape index (κ1) is 14.2. The van der Waals surface area contributed by atoms with E-state index in [0.29, 0.717) is 19.4 Å².